The van der Waals surface area contributed by atoms with Gasteiger partial charge in [0.05, 0.1) is 13.2 Å². The Balaban J connectivity index is 1.12. The van der Waals surface area contributed by atoms with Crippen molar-refractivity contribution in [3.8, 4) is 0 Å². The smallest absolute Gasteiger partial charge is 0.410 e. The summed E-state index contributed by atoms with van der Waals surface area (Å²) in [6.07, 6.45) is 7.25. The molecule has 8 heteroatoms. The van der Waals surface area contributed by atoms with E-state index in [9.17, 15) is 9.59 Å². The van der Waals surface area contributed by atoms with Crippen molar-refractivity contribution < 1.29 is 19.1 Å². The number of rotatable bonds is 2. The van der Waals surface area contributed by atoms with Crippen LogP contribution < -0.4 is 0 Å². The number of hydrogen-bond acceptors (Lipinski definition) is 5. The number of urea groups is 1. The molecule has 1 aromatic rings. The summed E-state index contributed by atoms with van der Waals surface area (Å²) in [5.74, 6) is 0.575. The first-order valence-electron chi connectivity index (χ1n) is 14.3. The predicted octanol–water partition coefficient (Wildman–Crippen LogP) is 3.69. The molecule has 1 aliphatic carbocycles. The number of amides is 3. The number of ether oxygens (including phenoxy) is 2. The van der Waals surface area contributed by atoms with Gasteiger partial charge in [-0.15, -0.1) is 0 Å². The molecule has 8 nitrogen and oxygen atoms in total. The number of benzene rings is 1. The van der Waals surface area contributed by atoms with Crippen LogP contribution in [0.2, 0.25) is 0 Å². The van der Waals surface area contributed by atoms with Gasteiger partial charge in [0, 0.05) is 57.6 Å². The Kier molecular flexibility index (Phi) is 6.82. The second-order valence-electron chi connectivity index (χ2n) is 12.2. The zero-order valence-corrected chi connectivity index (χ0v) is 22.4. The van der Waals surface area contributed by atoms with Crippen LogP contribution in [0, 0.1) is 5.92 Å². The normalized spacial score (nSPS) is 31.2. The van der Waals surface area contributed by atoms with Crippen molar-refractivity contribution in [1.29, 1.82) is 0 Å². The molecule has 1 saturated carbocycles. The summed E-state index contributed by atoms with van der Waals surface area (Å²) in [5.41, 5.74) is 2.77. The number of piperidine rings is 2. The fraction of sp³-hybridized carbons (Fsp3) is 0.724. The third-order valence-electron chi connectivity index (χ3n) is 9.76. The van der Waals surface area contributed by atoms with Crippen molar-refractivity contribution in [1.82, 2.24) is 19.6 Å². The fourth-order valence-corrected chi connectivity index (χ4v) is 7.85. The Morgan fingerprint density at radius 2 is 1.89 bits per heavy atom. The first-order valence-corrected chi connectivity index (χ1v) is 14.3. The molecule has 3 unspecified atom stereocenters. The topological polar surface area (TPSA) is 65.6 Å². The van der Waals surface area contributed by atoms with Crippen molar-refractivity contribution in [2.75, 3.05) is 53.5 Å². The van der Waals surface area contributed by atoms with Crippen LogP contribution in [-0.4, -0.2) is 103 Å². The third kappa shape index (κ3) is 4.71. The summed E-state index contributed by atoms with van der Waals surface area (Å²) in [6.45, 7) is 5.63. The lowest BCUT2D eigenvalue weighted by Gasteiger charge is -2.50. The van der Waals surface area contributed by atoms with Crippen LogP contribution in [0.5, 0.6) is 0 Å². The molecule has 0 aromatic heterocycles. The highest BCUT2D eigenvalue weighted by Crippen LogP contribution is 2.45. The summed E-state index contributed by atoms with van der Waals surface area (Å²) < 4.78 is 11.2. The molecule has 4 fully saturated rings. The quantitative estimate of drug-likeness (QED) is 0.607. The van der Waals surface area contributed by atoms with Gasteiger partial charge in [-0.25, -0.2) is 9.59 Å². The van der Waals surface area contributed by atoms with Gasteiger partial charge in [0.1, 0.15) is 6.10 Å². The van der Waals surface area contributed by atoms with E-state index in [0.717, 1.165) is 58.3 Å². The molecule has 37 heavy (non-hydrogen) atoms. The molecular formula is C29H42N4O4. The van der Waals surface area contributed by atoms with Gasteiger partial charge >= 0.3 is 12.1 Å². The Morgan fingerprint density at radius 1 is 1.08 bits per heavy atom. The summed E-state index contributed by atoms with van der Waals surface area (Å²) in [6, 6.07) is 9.68. The van der Waals surface area contributed by atoms with Gasteiger partial charge < -0.3 is 29.1 Å². The summed E-state index contributed by atoms with van der Waals surface area (Å²) in [7, 11) is 3.69. The molecule has 0 N–H and O–H groups in total. The Hall–Kier alpha value is -2.32. The highest BCUT2D eigenvalue weighted by Gasteiger charge is 2.48. The maximum Gasteiger partial charge on any atom is 0.410 e. The van der Waals surface area contributed by atoms with Gasteiger partial charge in [-0.1, -0.05) is 24.3 Å². The van der Waals surface area contributed by atoms with Crippen molar-refractivity contribution in [3.63, 3.8) is 0 Å². The largest absolute Gasteiger partial charge is 0.444 e. The average Bonchev–Trinajstić information content (AvgIpc) is 3.58. The Bertz CT molecular complexity index is 1000. The number of nitrogens with zero attached hydrogens (tertiary/aromatic N) is 4. The standard InChI is InChI=1S/C29H42N4O4/c1-30(2)27(34)32-18-22-6-3-4-8-25(22)29(20-32)10-13-31(14-11-29)23-16-21-7-5-12-33(26(21)17-23)28(35)37-24-9-15-36-19-24/h3-4,6,8,21,23-24,26H,5,7,9-20H2,1-2H3/t21?,23?,24-,26?/m1/s1. The van der Waals surface area contributed by atoms with E-state index in [1.54, 1.807) is 4.90 Å². The molecule has 3 amide bonds. The zero-order chi connectivity index (χ0) is 25.6. The van der Waals surface area contributed by atoms with Crippen molar-refractivity contribution in [2.45, 2.75) is 75.1 Å². The molecule has 4 atom stereocenters. The lowest BCUT2D eigenvalue weighted by Crippen LogP contribution is -2.55. The maximum atomic E-state index is 13.0. The molecule has 4 aliphatic heterocycles. The van der Waals surface area contributed by atoms with Gasteiger partial charge in [0.25, 0.3) is 0 Å². The van der Waals surface area contributed by atoms with Crippen LogP contribution in [0.15, 0.2) is 24.3 Å². The zero-order valence-electron chi connectivity index (χ0n) is 22.4. The van der Waals surface area contributed by atoms with E-state index in [1.165, 1.54) is 24.0 Å². The maximum absolute atomic E-state index is 13.0. The van der Waals surface area contributed by atoms with Gasteiger partial charge in [-0.05, 0) is 68.7 Å². The fourth-order valence-electron chi connectivity index (χ4n) is 7.85. The first kappa shape index (κ1) is 25.0. The SMILES string of the molecule is CN(C)C(=O)N1Cc2ccccc2C2(CCN(C3CC4CCCN(C(=O)O[C@@H]5CCOC5)C4C3)CC2)C1. The molecular weight excluding hydrogens is 468 g/mol. The number of likely N-dealkylation sites (tertiary alicyclic amines) is 2. The summed E-state index contributed by atoms with van der Waals surface area (Å²) >= 11 is 0. The molecule has 1 aromatic carbocycles. The summed E-state index contributed by atoms with van der Waals surface area (Å²) in [4.78, 5) is 34.4. The minimum absolute atomic E-state index is 0.0293. The Morgan fingerprint density at radius 3 is 2.65 bits per heavy atom. The lowest BCUT2D eigenvalue weighted by atomic mass is 9.68. The van der Waals surface area contributed by atoms with E-state index in [1.807, 2.05) is 23.9 Å². The molecule has 202 valence electrons. The van der Waals surface area contributed by atoms with E-state index in [4.69, 9.17) is 9.47 Å². The molecule has 0 radical (unpaired) electrons. The van der Waals surface area contributed by atoms with Gasteiger partial charge in [-0.3, -0.25) is 0 Å². The molecule has 1 spiro atoms. The monoisotopic (exact) mass is 510 g/mol. The summed E-state index contributed by atoms with van der Waals surface area (Å²) in [5, 5.41) is 0. The highest BCUT2D eigenvalue weighted by atomic mass is 16.6. The van der Waals surface area contributed by atoms with Crippen molar-refractivity contribution in [3.05, 3.63) is 35.4 Å². The van der Waals surface area contributed by atoms with Crippen LogP contribution in [0.3, 0.4) is 0 Å². The van der Waals surface area contributed by atoms with E-state index in [-0.39, 0.29) is 23.6 Å². The predicted molar refractivity (Wildman–Crippen MR) is 140 cm³/mol. The highest BCUT2D eigenvalue weighted by molar-refractivity contribution is 5.74. The molecule has 4 heterocycles. The lowest BCUT2D eigenvalue weighted by molar-refractivity contribution is 0.0284. The molecule has 6 rings (SSSR count). The van der Waals surface area contributed by atoms with E-state index >= 15 is 0 Å². The second kappa shape index (κ2) is 10.1. The van der Waals surface area contributed by atoms with E-state index < -0.39 is 0 Å². The van der Waals surface area contributed by atoms with Crippen LogP contribution in [0.4, 0.5) is 9.59 Å². The van der Waals surface area contributed by atoms with E-state index in [2.05, 4.69) is 29.2 Å². The number of carbonyl (C=O) groups excluding carboxylic acids is 2. The van der Waals surface area contributed by atoms with Crippen molar-refractivity contribution >= 4 is 12.1 Å². The van der Waals surface area contributed by atoms with Crippen LogP contribution in [-0.2, 0) is 21.4 Å². The molecule has 3 saturated heterocycles. The number of hydrogen-bond donors (Lipinski definition) is 0. The minimum Gasteiger partial charge on any atom is -0.444 e. The Labute approximate surface area is 220 Å². The van der Waals surface area contributed by atoms with Crippen LogP contribution in [0.25, 0.3) is 0 Å². The third-order valence-corrected chi connectivity index (χ3v) is 9.76. The molecule has 0 bridgehead atoms. The van der Waals surface area contributed by atoms with Crippen LogP contribution >= 0.6 is 0 Å². The van der Waals surface area contributed by atoms with Gasteiger partial charge in [-0.2, -0.15) is 0 Å². The number of carbonyl (C=O) groups is 2. The van der Waals surface area contributed by atoms with E-state index in [0.29, 0.717) is 37.8 Å². The van der Waals surface area contributed by atoms with Gasteiger partial charge in [0.2, 0.25) is 0 Å². The van der Waals surface area contributed by atoms with Crippen LogP contribution in [0.1, 0.15) is 56.1 Å². The first-order chi connectivity index (χ1) is 17.9. The van der Waals surface area contributed by atoms with Gasteiger partial charge in [0.15, 0.2) is 0 Å². The molecule has 5 aliphatic rings. The average molecular weight is 511 g/mol. The van der Waals surface area contributed by atoms with Crippen molar-refractivity contribution in [2.24, 2.45) is 5.92 Å². The second-order valence-corrected chi connectivity index (χ2v) is 12.2. The minimum atomic E-state index is -0.132. The number of fused-ring (bicyclic) bond motifs is 3.